The molecule has 0 atom stereocenters. The van der Waals surface area contributed by atoms with Gasteiger partial charge in [-0.1, -0.05) is 47.7 Å². The topological polar surface area (TPSA) is 86.7 Å². The molecule has 2 heterocycles. The second-order valence-electron chi connectivity index (χ2n) is 4.47. The third-order valence-corrected chi connectivity index (χ3v) is 4.88. The number of amides is 2. The number of hydrogen-bond donors (Lipinski definition) is 2. The predicted molar refractivity (Wildman–Crippen MR) is 86.5 cm³/mol. The van der Waals surface area contributed by atoms with E-state index in [2.05, 4.69) is 5.32 Å². The smallest absolute Gasteiger partial charge is 0.323 e. The number of halogens is 1. The van der Waals surface area contributed by atoms with Crippen molar-refractivity contribution in [3.63, 3.8) is 0 Å². The number of rotatable bonds is 2. The Morgan fingerprint density at radius 3 is 2.82 bits per heavy atom. The Labute approximate surface area is 139 Å². The number of carboxylic acids is 1. The number of benzene rings is 1. The molecule has 22 heavy (non-hydrogen) atoms. The van der Waals surface area contributed by atoms with Crippen LogP contribution in [0.4, 0.5) is 5.69 Å². The van der Waals surface area contributed by atoms with Gasteiger partial charge in [-0.3, -0.25) is 19.3 Å². The van der Waals surface area contributed by atoms with Crippen LogP contribution >= 0.6 is 35.6 Å². The molecule has 0 radical (unpaired) electrons. The molecule has 9 heteroatoms. The molecule has 112 valence electrons. The minimum Gasteiger partial charge on any atom is -0.480 e. The lowest BCUT2D eigenvalue weighted by Crippen LogP contribution is -2.33. The first-order valence-electron chi connectivity index (χ1n) is 6.00. The van der Waals surface area contributed by atoms with Crippen LogP contribution in [-0.4, -0.2) is 38.7 Å². The second kappa shape index (κ2) is 5.38. The van der Waals surface area contributed by atoms with Gasteiger partial charge in [-0.25, -0.2) is 0 Å². The van der Waals surface area contributed by atoms with E-state index in [-0.39, 0.29) is 14.8 Å². The summed E-state index contributed by atoms with van der Waals surface area (Å²) in [5.74, 6) is -2.23. The number of carbonyl (C=O) groups excluding carboxylic acids is 2. The number of para-hydroxylation sites is 1. The van der Waals surface area contributed by atoms with Crippen molar-refractivity contribution >= 4 is 68.9 Å². The normalized spacial score (nSPS) is 20.4. The predicted octanol–water partition coefficient (Wildman–Crippen LogP) is 1.95. The van der Waals surface area contributed by atoms with Crippen LogP contribution in [0.5, 0.6) is 0 Å². The number of anilines is 1. The standard InChI is InChI=1S/C13H7ClN2O4S2/c14-6-3-1-2-5-8(11(19)15-9(5)6)10-12(20)16(4-7(17)18)13(21)22-10/h1-3H,4H2,(H,15,19)(H,17,18). The molecule has 0 aliphatic carbocycles. The quantitative estimate of drug-likeness (QED) is 0.623. The maximum atomic E-state index is 12.4. The van der Waals surface area contributed by atoms with Crippen molar-refractivity contribution in [2.45, 2.75) is 0 Å². The van der Waals surface area contributed by atoms with Crippen molar-refractivity contribution in [1.82, 2.24) is 4.90 Å². The molecule has 6 nitrogen and oxygen atoms in total. The summed E-state index contributed by atoms with van der Waals surface area (Å²) in [6.07, 6.45) is 0. The fraction of sp³-hybridized carbons (Fsp3) is 0.0769. The van der Waals surface area contributed by atoms with Gasteiger partial charge in [0.05, 0.1) is 21.2 Å². The highest BCUT2D eigenvalue weighted by atomic mass is 35.5. The molecule has 1 saturated heterocycles. The summed E-state index contributed by atoms with van der Waals surface area (Å²) in [6, 6.07) is 4.96. The fourth-order valence-corrected chi connectivity index (χ4v) is 3.76. The Kier molecular flexibility index (Phi) is 3.67. The molecule has 3 rings (SSSR count). The minimum atomic E-state index is -1.18. The maximum Gasteiger partial charge on any atom is 0.323 e. The second-order valence-corrected chi connectivity index (χ2v) is 6.53. The van der Waals surface area contributed by atoms with E-state index in [1.54, 1.807) is 18.2 Å². The molecular formula is C13H7ClN2O4S2. The zero-order valence-corrected chi connectivity index (χ0v) is 13.1. The number of fused-ring (bicyclic) bond motifs is 1. The molecule has 2 aliphatic heterocycles. The summed E-state index contributed by atoms with van der Waals surface area (Å²) >= 11 is 12.0. The van der Waals surface area contributed by atoms with Gasteiger partial charge in [0.1, 0.15) is 10.9 Å². The van der Waals surface area contributed by atoms with Crippen LogP contribution in [0.25, 0.3) is 5.57 Å². The molecule has 0 unspecified atom stereocenters. The van der Waals surface area contributed by atoms with Crippen LogP contribution in [0.2, 0.25) is 5.02 Å². The molecule has 1 aromatic carbocycles. The Bertz CT molecular complexity index is 790. The van der Waals surface area contributed by atoms with Gasteiger partial charge in [0.2, 0.25) is 0 Å². The lowest BCUT2D eigenvalue weighted by atomic mass is 10.1. The van der Waals surface area contributed by atoms with E-state index in [9.17, 15) is 14.4 Å². The van der Waals surface area contributed by atoms with Crippen LogP contribution in [0.1, 0.15) is 5.56 Å². The van der Waals surface area contributed by atoms with Gasteiger partial charge >= 0.3 is 5.97 Å². The number of carbonyl (C=O) groups is 3. The van der Waals surface area contributed by atoms with E-state index in [4.69, 9.17) is 28.9 Å². The molecule has 0 spiro atoms. The Balaban J connectivity index is 2.11. The van der Waals surface area contributed by atoms with Crippen LogP contribution in [-0.2, 0) is 14.4 Å². The van der Waals surface area contributed by atoms with Crippen molar-refractivity contribution in [2.24, 2.45) is 0 Å². The zero-order valence-electron chi connectivity index (χ0n) is 10.8. The lowest BCUT2D eigenvalue weighted by molar-refractivity contribution is -0.140. The van der Waals surface area contributed by atoms with Crippen LogP contribution in [0.15, 0.2) is 23.1 Å². The summed E-state index contributed by atoms with van der Waals surface area (Å²) < 4.78 is 0.109. The molecule has 0 bridgehead atoms. The summed E-state index contributed by atoms with van der Waals surface area (Å²) in [7, 11) is 0. The lowest BCUT2D eigenvalue weighted by Gasteiger charge is -2.10. The highest BCUT2D eigenvalue weighted by Gasteiger charge is 2.40. The highest BCUT2D eigenvalue weighted by molar-refractivity contribution is 8.26. The van der Waals surface area contributed by atoms with Gasteiger partial charge in [-0.05, 0) is 6.07 Å². The van der Waals surface area contributed by atoms with Crippen molar-refractivity contribution < 1.29 is 19.5 Å². The number of aliphatic carboxylic acids is 1. The minimum absolute atomic E-state index is 0.109. The van der Waals surface area contributed by atoms with Crippen molar-refractivity contribution in [1.29, 1.82) is 0 Å². The SMILES string of the molecule is O=C(O)CN1C(=O)C(=C2C(=O)Nc3c(Cl)cccc32)SC1=S. The van der Waals surface area contributed by atoms with Crippen LogP contribution < -0.4 is 5.32 Å². The zero-order chi connectivity index (χ0) is 16.0. The number of thioether (sulfide) groups is 1. The van der Waals surface area contributed by atoms with Crippen molar-refractivity contribution in [3.8, 4) is 0 Å². The van der Waals surface area contributed by atoms with E-state index >= 15 is 0 Å². The summed E-state index contributed by atoms with van der Waals surface area (Å²) in [5.41, 5.74) is 1.11. The Morgan fingerprint density at radius 2 is 2.14 bits per heavy atom. The van der Waals surface area contributed by atoms with Gasteiger partial charge in [-0.2, -0.15) is 0 Å². The number of nitrogens with zero attached hydrogens (tertiary/aromatic N) is 1. The van der Waals surface area contributed by atoms with Crippen molar-refractivity contribution in [3.05, 3.63) is 33.7 Å². The Hall–Kier alpha value is -1.90. The summed E-state index contributed by atoms with van der Waals surface area (Å²) in [6.45, 7) is -0.536. The maximum absolute atomic E-state index is 12.4. The third-order valence-electron chi connectivity index (χ3n) is 3.12. The van der Waals surface area contributed by atoms with Gasteiger partial charge in [0.15, 0.2) is 0 Å². The van der Waals surface area contributed by atoms with Crippen molar-refractivity contribution in [2.75, 3.05) is 11.9 Å². The third kappa shape index (κ3) is 2.29. The molecule has 0 saturated carbocycles. The first-order valence-corrected chi connectivity index (χ1v) is 7.60. The fourth-order valence-electron chi connectivity index (χ4n) is 2.20. The molecule has 2 N–H and O–H groups in total. The van der Waals surface area contributed by atoms with Gasteiger partial charge in [-0.15, -0.1) is 0 Å². The van der Waals surface area contributed by atoms with Gasteiger partial charge in [0, 0.05) is 5.56 Å². The number of thiocarbonyl (C=S) groups is 1. The van der Waals surface area contributed by atoms with E-state index in [0.29, 0.717) is 16.3 Å². The van der Waals surface area contributed by atoms with E-state index in [1.165, 1.54) is 0 Å². The largest absolute Gasteiger partial charge is 0.480 e. The number of nitrogens with one attached hydrogen (secondary N) is 1. The number of carboxylic acid groups (broad SMARTS) is 1. The molecule has 1 aromatic rings. The molecule has 2 amide bonds. The molecule has 2 aliphatic rings. The summed E-state index contributed by atoms with van der Waals surface area (Å²) in [4.78, 5) is 36.4. The average Bonchev–Trinajstić information content (AvgIpc) is 2.90. The van der Waals surface area contributed by atoms with E-state index in [1.807, 2.05) is 0 Å². The average molecular weight is 355 g/mol. The molecule has 1 fully saturated rings. The highest BCUT2D eigenvalue weighted by Crippen LogP contribution is 2.44. The van der Waals surface area contributed by atoms with Gasteiger partial charge < -0.3 is 10.4 Å². The first-order chi connectivity index (χ1) is 10.4. The van der Waals surface area contributed by atoms with Crippen LogP contribution in [0.3, 0.4) is 0 Å². The monoisotopic (exact) mass is 354 g/mol. The van der Waals surface area contributed by atoms with Gasteiger partial charge in [0.25, 0.3) is 11.8 Å². The Morgan fingerprint density at radius 1 is 1.41 bits per heavy atom. The molecular weight excluding hydrogens is 348 g/mol. The summed E-state index contributed by atoms with van der Waals surface area (Å²) in [5, 5.41) is 11.8. The molecule has 0 aromatic heterocycles. The van der Waals surface area contributed by atoms with E-state index < -0.39 is 24.3 Å². The first kappa shape index (κ1) is 15.0. The number of hydrogen-bond acceptors (Lipinski definition) is 5. The van der Waals surface area contributed by atoms with E-state index in [0.717, 1.165) is 16.7 Å². The van der Waals surface area contributed by atoms with Crippen LogP contribution in [0, 0.1) is 0 Å².